The minimum absolute atomic E-state index is 0.654. The number of nitrogens with zero attached hydrogens (tertiary/aromatic N) is 2. The molecule has 2 rings (SSSR count). The van der Waals surface area contributed by atoms with Crippen LogP contribution in [0, 0.1) is 5.92 Å². The smallest absolute Gasteiger partial charge is 0.128 e. The summed E-state index contributed by atoms with van der Waals surface area (Å²) in [5, 5.41) is 3.15. The van der Waals surface area contributed by atoms with Crippen LogP contribution in [0.2, 0.25) is 0 Å². The first kappa shape index (κ1) is 13.3. The second kappa shape index (κ2) is 6.19. The van der Waals surface area contributed by atoms with Gasteiger partial charge in [-0.25, -0.2) is 4.98 Å². The van der Waals surface area contributed by atoms with Gasteiger partial charge in [0, 0.05) is 25.8 Å². The quantitative estimate of drug-likeness (QED) is 0.887. The SMILES string of the molecule is CNCc1ccc(N(C)C2CCCCC2C)nc1. The molecule has 0 spiro atoms. The van der Waals surface area contributed by atoms with Crippen molar-refractivity contribution in [3.8, 4) is 0 Å². The number of nitrogens with one attached hydrogen (secondary N) is 1. The van der Waals surface area contributed by atoms with E-state index in [1.54, 1.807) is 0 Å². The van der Waals surface area contributed by atoms with Gasteiger partial charge >= 0.3 is 0 Å². The molecule has 3 nitrogen and oxygen atoms in total. The summed E-state index contributed by atoms with van der Waals surface area (Å²) < 4.78 is 0. The Morgan fingerprint density at radius 3 is 2.72 bits per heavy atom. The summed E-state index contributed by atoms with van der Waals surface area (Å²) in [4.78, 5) is 6.96. The van der Waals surface area contributed by atoms with Crippen molar-refractivity contribution in [3.05, 3.63) is 23.9 Å². The van der Waals surface area contributed by atoms with Crippen molar-refractivity contribution in [2.75, 3.05) is 19.0 Å². The minimum Gasteiger partial charge on any atom is -0.356 e. The Morgan fingerprint density at radius 1 is 1.33 bits per heavy atom. The fraction of sp³-hybridized carbons (Fsp3) is 0.667. The van der Waals surface area contributed by atoms with Crippen molar-refractivity contribution in [2.45, 2.75) is 45.2 Å². The largest absolute Gasteiger partial charge is 0.356 e. The Balaban J connectivity index is 2.05. The molecule has 1 saturated carbocycles. The van der Waals surface area contributed by atoms with Crippen LogP contribution in [0.4, 0.5) is 5.82 Å². The van der Waals surface area contributed by atoms with Gasteiger partial charge in [0.25, 0.3) is 0 Å². The lowest BCUT2D eigenvalue weighted by atomic mass is 9.85. The van der Waals surface area contributed by atoms with E-state index in [1.807, 2.05) is 13.2 Å². The predicted molar refractivity (Wildman–Crippen MR) is 76.8 cm³/mol. The molecule has 0 amide bonds. The highest BCUT2D eigenvalue weighted by Gasteiger charge is 2.25. The molecule has 0 radical (unpaired) electrons. The minimum atomic E-state index is 0.654. The maximum absolute atomic E-state index is 4.59. The van der Waals surface area contributed by atoms with Gasteiger partial charge in [-0.05, 0) is 37.4 Å². The van der Waals surface area contributed by atoms with Gasteiger partial charge in [-0.15, -0.1) is 0 Å². The van der Waals surface area contributed by atoms with Crippen molar-refractivity contribution < 1.29 is 0 Å². The third-order valence-corrected chi connectivity index (χ3v) is 4.12. The van der Waals surface area contributed by atoms with Gasteiger partial charge in [0.15, 0.2) is 0 Å². The molecule has 0 aromatic carbocycles. The Morgan fingerprint density at radius 2 is 2.11 bits per heavy atom. The standard InChI is InChI=1S/C15H25N3/c1-12-6-4-5-7-14(12)18(3)15-9-8-13(10-16-2)11-17-15/h8-9,11-12,14,16H,4-7,10H2,1-3H3. The zero-order valence-electron chi connectivity index (χ0n) is 11.8. The molecule has 100 valence electrons. The molecule has 3 heteroatoms. The predicted octanol–water partition coefficient (Wildman–Crippen LogP) is 2.82. The fourth-order valence-electron chi connectivity index (χ4n) is 2.98. The van der Waals surface area contributed by atoms with Crippen LogP contribution >= 0.6 is 0 Å². The highest BCUT2D eigenvalue weighted by molar-refractivity contribution is 5.40. The summed E-state index contributed by atoms with van der Waals surface area (Å²) in [7, 11) is 4.15. The van der Waals surface area contributed by atoms with Crippen LogP contribution in [0.15, 0.2) is 18.3 Å². The van der Waals surface area contributed by atoms with Crippen LogP contribution in [0.3, 0.4) is 0 Å². The molecule has 1 heterocycles. The van der Waals surface area contributed by atoms with E-state index in [4.69, 9.17) is 0 Å². The number of hydrogen-bond donors (Lipinski definition) is 1. The lowest BCUT2D eigenvalue weighted by Crippen LogP contribution is -2.39. The second-order valence-electron chi connectivity index (χ2n) is 5.49. The molecule has 1 aromatic rings. The maximum Gasteiger partial charge on any atom is 0.128 e. The molecule has 0 saturated heterocycles. The molecular weight excluding hydrogens is 222 g/mol. The van der Waals surface area contributed by atoms with Gasteiger partial charge in [0.2, 0.25) is 0 Å². The molecule has 18 heavy (non-hydrogen) atoms. The van der Waals surface area contributed by atoms with Gasteiger partial charge in [0.1, 0.15) is 5.82 Å². The van der Waals surface area contributed by atoms with Crippen molar-refractivity contribution >= 4 is 5.82 Å². The van der Waals surface area contributed by atoms with E-state index in [2.05, 4.69) is 41.3 Å². The zero-order valence-corrected chi connectivity index (χ0v) is 11.8. The van der Waals surface area contributed by atoms with Crippen molar-refractivity contribution in [1.29, 1.82) is 0 Å². The third-order valence-electron chi connectivity index (χ3n) is 4.12. The Kier molecular flexibility index (Phi) is 4.59. The Hall–Kier alpha value is -1.09. The van der Waals surface area contributed by atoms with E-state index in [0.717, 1.165) is 18.3 Å². The number of pyridine rings is 1. The summed E-state index contributed by atoms with van der Waals surface area (Å²) in [6, 6.07) is 4.97. The molecule has 1 fully saturated rings. The number of rotatable bonds is 4. The summed E-state index contributed by atoms with van der Waals surface area (Å²) in [6.45, 7) is 3.26. The fourth-order valence-corrected chi connectivity index (χ4v) is 2.98. The zero-order chi connectivity index (χ0) is 13.0. The van der Waals surface area contributed by atoms with E-state index < -0.39 is 0 Å². The van der Waals surface area contributed by atoms with Gasteiger partial charge in [0.05, 0.1) is 0 Å². The van der Waals surface area contributed by atoms with Gasteiger partial charge in [-0.3, -0.25) is 0 Å². The number of anilines is 1. The first-order chi connectivity index (χ1) is 8.72. The van der Waals surface area contributed by atoms with Crippen molar-refractivity contribution in [1.82, 2.24) is 10.3 Å². The average molecular weight is 247 g/mol. The normalized spacial score (nSPS) is 23.9. The molecular formula is C15H25N3. The van der Waals surface area contributed by atoms with Crippen LogP contribution in [0.5, 0.6) is 0 Å². The Labute approximate surface area is 111 Å². The average Bonchev–Trinajstić information content (AvgIpc) is 2.40. The molecule has 2 atom stereocenters. The summed E-state index contributed by atoms with van der Waals surface area (Å²) >= 11 is 0. The molecule has 0 aliphatic heterocycles. The monoisotopic (exact) mass is 247 g/mol. The topological polar surface area (TPSA) is 28.2 Å². The molecule has 2 unspecified atom stereocenters. The highest BCUT2D eigenvalue weighted by Crippen LogP contribution is 2.29. The Bertz CT molecular complexity index is 361. The van der Waals surface area contributed by atoms with E-state index in [1.165, 1.54) is 31.2 Å². The second-order valence-corrected chi connectivity index (χ2v) is 5.49. The van der Waals surface area contributed by atoms with Crippen molar-refractivity contribution in [3.63, 3.8) is 0 Å². The molecule has 1 aliphatic rings. The highest BCUT2D eigenvalue weighted by atomic mass is 15.2. The van der Waals surface area contributed by atoms with Crippen LogP contribution in [-0.4, -0.2) is 25.1 Å². The lowest BCUT2D eigenvalue weighted by molar-refractivity contribution is 0.320. The van der Waals surface area contributed by atoms with Crippen LogP contribution in [0.25, 0.3) is 0 Å². The number of aromatic nitrogens is 1. The van der Waals surface area contributed by atoms with E-state index in [9.17, 15) is 0 Å². The first-order valence-corrected chi connectivity index (χ1v) is 7.04. The summed E-state index contributed by atoms with van der Waals surface area (Å²) in [5.41, 5.74) is 1.24. The van der Waals surface area contributed by atoms with Gasteiger partial charge in [-0.1, -0.05) is 25.8 Å². The van der Waals surface area contributed by atoms with Crippen LogP contribution < -0.4 is 10.2 Å². The summed E-state index contributed by atoms with van der Waals surface area (Å²) in [6.07, 6.45) is 7.39. The summed E-state index contributed by atoms with van der Waals surface area (Å²) in [5.74, 6) is 1.89. The molecule has 1 N–H and O–H groups in total. The van der Waals surface area contributed by atoms with Crippen LogP contribution in [-0.2, 0) is 6.54 Å². The maximum atomic E-state index is 4.59. The number of hydrogen-bond acceptors (Lipinski definition) is 3. The van der Waals surface area contributed by atoms with Gasteiger partial charge < -0.3 is 10.2 Å². The first-order valence-electron chi connectivity index (χ1n) is 7.04. The van der Waals surface area contributed by atoms with Crippen LogP contribution in [0.1, 0.15) is 38.2 Å². The van der Waals surface area contributed by atoms with E-state index in [0.29, 0.717) is 6.04 Å². The van der Waals surface area contributed by atoms with Gasteiger partial charge in [-0.2, -0.15) is 0 Å². The lowest BCUT2D eigenvalue weighted by Gasteiger charge is -2.37. The molecule has 1 aliphatic carbocycles. The van der Waals surface area contributed by atoms with E-state index in [-0.39, 0.29) is 0 Å². The molecule has 1 aromatic heterocycles. The van der Waals surface area contributed by atoms with E-state index >= 15 is 0 Å². The third kappa shape index (κ3) is 3.02. The molecule has 0 bridgehead atoms. The van der Waals surface area contributed by atoms with Crippen molar-refractivity contribution in [2.24, 2.45) is 5.92 Å².